The van der Waals surface area contributed by atoms with Crippen LogP contribution in [0.1, 0.15) is 52.7 Å². The van der Waals surface area contributed by atoms with Crippen molar-refractivity contribution in [2.24, 2.45) is 0 Å². The fraction of sp³-hybridized carbons (Fsp3) is 0.400. The lowest BCUT2D eigenvalue weighted by Crippen LogP contribution is -2.14. The van der Waals surface area contributed by atoms with Gasteiger partial charge in [0.05, 0.1) is 0 Å². The van der Waals surface area contributed by atoms with Crippen LogP contribution in [0.2, 0.25) is 0 Å². The highest BCUT2D eigenvalue weighted by molar-refractivity contribution is 7.48. The Morgan fingerprint density at radius 1 is 0.760 bits per heavy atom. The fourth-order valence-corrected chi connectivity index (χ4v) is 4.02. The molecule has 0 saturated carbocycles. The van der Waals surface area contributed by atoms with Crippen LogP contribution in [-0.2, 0) is 15.4 Å². The summed E-state index contributed by atoms with van der Waals surface area (Å²) in [6.07, 6.45) is 0. The van der Waals surface area contributed by atoms with Gasteiger partial charge in [-0.1, -0.05) is 77.9 Å². The van der Waals surface area contributed by atoms with Crippen molar-refractivity contribution in [3.05, 3.63) is 47.5 Å². The number of rotatable bonds is 0. The third kappa shape index (κ3) is 3.33. The van der Waals surface area contributed by atoms with E-state index in [4.69, 9.17) is 9.05 Å². The maximum absolute atomic E-state index is 12.6. The maximum Gasteiger partial charge on any atom is 0.584 e. The Kier molecular flexibility index (Phi) is 4.05. The van der Waals surface area contributed by atoms with Gasteiger partial charge in [0.1, 0.15) is 11.5 Å². The lowest BCUT2D eigenvalue weighted by molar-refractivity contribution is 0.290. The van der Waals surface area contributed by atoms with Crippen molar-refractivity contribution in [1.29, 1.82) is 0 Å². The summed E-state index contributed by atoms with van der Waals surface area (Å²) in [5.41, 5.74) is 2.82. The monoisotopic (exact) mass is 360 g/mol. The summed E-state index contributed by atoms with van der Waals surface area (Å²) >= 11 is 0. The summed E-state index contributed by atoms with van der Waals surface area (Å²) in [5, 5.41) is 0. The molecule has 0 aliphatic carbocycles. The van der Waals surface area contributed by atoms with Crippen LogP contribution < -0.4 is 9.05 Å². The van der Waals surface area contributed by atoms with Crippen LogP contribution >= 0.6 is 7.82 Å². The Morgan fingerprint density at radius 3 is 1.44 bits per heavy atom. The van der Waals surface area contributed by atoms with Crippen LogP contribution in [-0.4, -0.2) is 4.89 Å². The Hall–Kier alpha value is -1.77. The molecule has 3 rings (SSSR count). The third-order valence-corrected chi connectivity index (χ3v) is 5.18. The van der Waals surface area contributed by atoms with E-state index in [-0.39, 0.29) is 10.8 Å². The number of fused-ring (bicyclic) bond motifs is 3. The molecule has 1 heterocycles. The number of phosphoric ester groups is 1. The summed E-state index contributed by atoms with van der Waals surface area (Å²) in [5.74, 6) is 0.844. The van der Waals surface area contributed by atoms with Gasteiger partial charge in [0.25, 0.3) is 0 Å². The number of phosphoric acid groups is 1. The normalized spacial score (nSPS) is 16.1. The zero-order valence-electron chi connectivity index (χ0n) is 15.6. The summed E-state index contributed by atoms with van der Waals surface area (Å²) in [6.45, 7) is 12.3. The minimum Gasteiger partial charge on any atom is -0.394 e. The Labute approximate surface area is 149 Å². The van der Waals surface area contributed by atoms with E-state index < -0.39 is 7.82 Å². The molecular formula is C20H25O4P. The van der Waals surface area contributed by atoms with Gasteiger partial charge in [0.15, 0.2) is 0 Å². The molecule has 0 bridgehead atoms. The molecule has 0 amide bonds. The lowest BCUT2D eigenvalue weighted by Gasteiger charge is -2.23. The number of hydrogen-bond acceptors (Lipinski definition) is 3. The van der Waals surface area contributed by atoms with Crippen molar-refractivity contribution in [1.82, 2.24) is 0 Å². The first-order chi connectivity index (χ1) is 11.4. The molecule has 0 fully saturated rings. The Morgan fingerprint density at radius 2 is 1.12 bits per heavy atom. The van der Waals surface area contributed by atoms with E-state index >= 15 is 0 Å². The second kappa shape index (κ2) is 5.62. The summed E-state index contributed by atoms with van der Waals surface area (Å²) < 4.78 is 23.7. The van der Waals surface area contributed by atoms with Gasteiger partial charge in [-0.05, 0) is 10.8 Å². The molecule has 1 N–H and O–H groups in total. The molecule has 1 aliphatic rings. The average molecular weight is 360 g/mol. The van der Waals surface area contributed by atoms with Crippen LogP contribution in [0.5, 0.6) is 11.5 Å². The van der Waals surface area contributed by atoms with Crippen molar-refractivity contribution in [3.63, 3.8) is 0 Å². The van der Waals surface area contributed by atoms with E-state index in [9.17, 15) is 9.46 Å². The number of hydrogen-bond donors (Lipinski definition) is 1. The molecular weight excluding hydrogens is 335 g/mol. The molecule has 4 nitrogen and oxygen atoms in total. The zero-order chi connectivity index (χ0) is 18.6. The molecule has 0 aromatic heterocycles. The summed E-state index contributed by atoms with van der Waals surface area (Å²) in [4.78, 5) is 10.3. The molecule has 25 heavy (non-hydrogen) atoms. The topological polar surface area (TPSA) is 55.8 Å². The molecule has 5 heteroatoms. The molecule has 0 atom stereocenters. The second-order valence-electron chi connectivity index (χ2n) is 8.52. The van der Waals surface area contributed by atoms with Gasteiger partial charge >= 0.3 is 7.82 Å². The standard InChI is InChI=1S/C20H25O4P/c1-19(2,3)15-11-7-9-13-14-10-8-12-16(20(4,5)6)18(14)24-25(21,22)23-17(13)15/h7-12H,1-6H3,(H,21,22). The van der Waals surface area contributed by atoms with Gasteiger partial charge < -0.3 is 9.05 Å². The highest BCUT2D eigenvalue weighted by atomic mass is 31.2. The van der Waals surface area contributed by atoms with Crippen molar-refractivity contribution >= 4 is 7.82 Å². The van der Waals surface area contributed by atoms with E-state index in [2.05, 4.69) is 0 Å². The van der Waals surface area contributed by atoms with Gasteiger partial charge in [-0.25, -0.2) is 4.57 Å². The van der Waals surface area contributed by atoms with Crippen LogP contribution in [0.15, 0.2) is 36.4 Å². The zero-order valence-corrected chi connectivity index (χ0v) is 16.5. The quantitative estimate of drug-likeness (QED) is 0.602. The van der Waals surface area contributed by atoms with Crippen molar-refractivity contribution in [2.75, 3.05) is 0 Å². The van der Waals surface area contributed by atoms with Crippen molar-refractivity contribution in [3.8, 4) is 22.6 Å². The van der Waals surface area contributed by atoms with Crippen molar-refractivity contribution in [2.45, 2.75) is 52.4 Å². The first-order valence-electron chi connectivity index (χ1n) is 8.39. The fourth-order valence-electron chi connectivity index (χ4n) is 3.13. The van der Waals surface area contributed by atoms with Crippen LogP contribution in [0.4, 0.5) is 0 Å². The Bertz CT molecular complexity index is 803. The Balaban J connectivity index is 2.39. The van der Waals surface area contributed by atoms with Gasteiger partial charge in [0.2, 0.25) is 0 Å². The van der Waals surface area contributed by atoms with Gasteiger partial charge in [0, 0.05) is 22.3 Å². The van der Waals surface area contributed by atoms with E-state index in [0.717, 1.165) is 22.3 Å². The summed E-state index contributed by atoms with van der Waals surface area (Å²) in [6, 6.07) is 11.6. The maximum atomic E-state index is 12.6. The van der Waals surface area contributed by atoms with E-state index in [1.807, 2.05) is 77.9 Å². The number of para-hydroxylation sites is 2. The van der Waals surface area contributed by atoms with E-state index in [1.165, 1.54) is 0 Å². The predicted molar refractivity (Wildman–Crippen MR) is 100 cm³/mol. The van der Waals surface area contributed by atoms with Crippen LogP contribution in [0.25, 0.3) is 11.1 Å². The smallest absolute Gasteiger partial charge is 0.394 e. The van der Waals surface area contributed by atoms with Gasteiger partial charge in [-0.3, -0.25) is 4.89 Å². The molecule has 2 aromatic carbocycles. The highest BCUT2D eigenvalue weighted by Gasteiger charge is 2.37. The predicted octanol–water partition coefficient (Wildman–Crippen LogP) is 5.82. The molecule has 134 valence electrons. The van der Waals surface area contributed by atoms with E-state index in [0.29, 0.717) is 11.5 Å². The molecule has 2 aromatic rings. The summed E-state index contributed by atoms with van der Waals surface area (Å²) in [7, 11) is -4.29. The first kappa shape index (κ1) is 18.0. The molecule has 0 spiro atoms. The van der Waals surface area contributed by atoms with Crippen molar-refractivity contribution < 1.29 is 18.5 Å². The molecule has 1 aliphatic heterocycles. The largest absolute Gasteiger partial charge is 0.584 e. The third-order valence-electron chi connectivity index (χ3n) is 4.35. The second-order valence-corrected chi connectivity index (χ2v) is 9.82. The SMILES string of the molecule is CC(C)(C)c1cccc2c1OP(=O)(O)Oc1c-2cccc1C(C)(C)C. The lowest BCUT2D eigenvalue weighted by atomic mass is 9.82. The molecule has 0 saturated heterocycles. The van der Waals surface area contributed by atoms with Crippen LogP contribution in [0.3, 0.4) is 0 Å². The minimum atomic E-state index is -4.29. The van der Waals surface area contributed by atoms with Gasteiger partial charge in [-0.2, -0.15) is 0 Å². The minimum absolute atomic E-state index is 0.239. The van der Waals surface area contributed by atoms with E-state index in [1.54, 1.807) is 0 Å². The van der Waals surface area contributed by atoms with Crippen LogP contribution in [0, 0.1) is 0 Å². The first-order valence-corrected chi connectivity index (χ1v) is 9.89. The number of benzene rings is 2. The highest BCUT2D eigenvalue weighted by Crippen LogP contribution is 2.57. The average Bonchev–Trinajstić information content (AvgIpc) is 2.56. The molecule has 0 unspecified atom stereocenters. The molecule has 0 radical (unpaired) electrons. The van der Waals surface area contributed by atoms with Gasteiger partial charge in [-0.15, -0.1) is 0 Å².